The van der Waals surface area contributed by atoms with E-state index in [2.05, 4.69) is 34.2 Å². The van der Waals surface area contributed by atoms with Gasteiger partial charge in [-0.15, -0.1) is 0 Å². The third kappa shape index (κ3) is 3.58. The molecule has 0 N–H and O–H groups in total. The fourth-order valence-electron chi connectivity index (χ4n) is 2.79. The first kappa shape index (κ1) is 16.7. The van der Waals surface area contributed by atoms with E-state index in [0.717, 1.165) is 34.0 Å². The number of hydrogen-bond donors (Lipinski definition) is 0. The molecule has 2 aromatic heterocycles. The maximum absolute atomic E-state index is 5.62. The van der Waals surface area contributed by atoms with Gasteiger partial charge in [0.15, 0.2) is 0 Å². The summed E-state index contributed by atoms with van der Waals surface area (Å²) in [4.78, 5) is 9.09. The molecule has 0 saturated carbocycles. The van der Waals surface area contributed by atoms with Crippen molar-refractivity contribution in [3.8, 4) is 17.2 Å². The molecule has 0 aliphatic carbocycles. The molecule has 130 valence electrons. The molecule has 0 spiro atoms. The van der Waals surface area contributed by atoms with Crippen molar-refractivity contribution in [3.63, 3.8) is 0 Å². The van der Waals surface area contributed by atoms with Crippen molar-refractivity contribution in [2.45, 2.75) is 11.5 Å². The van der Waals surface area contributed by atoms with Crippen molar-refractivity contribution in [3.05, 3.63) is 78.3 Å². The minimum atomic E-state index is 0.634. The molecule has 0 aliphatic heterocycles. The molecule has 4 rings (SSSR count). The van der Waals surface area contributed by atoms with E-state index < -0.39 is 0 Å². The van der Waals surface area contributed by atoms with Crippen molar-refractivity contribution >= 4 is 22.7 Å². The molecule has 0 aliphatic rings. The molecule has 2 aromatic carbocycles. The quantitative estimate of drug-likeness (QED) is 0.464. The van der Waals surface area contributed by atoms with Gasteiger partial charge in [0.25, 0.3) is 0 Å². The van der Waals surface area contributed by atoms with Crippen LogP contribution in [0, 0.1) is 0 Å². The van der Waals surface area contributed by atoms with Crippen molar-refractivity contribution in [2.24, 2.45) is 0 Å². The van der Waals surface area contributed by atoms with Crippen LogP contribution in [0.1, 0.15) is 11.3 Å². The number of para-hydroxylation sites is 1. The highest BCUT2D eigenvalue weighted by Gasteiger charge is 2.08. The van der Waals surface area contributed by atoms with E-state index >= 15 is 0 Å². The Balaban J connectivity index is 1.41. The smallest absolute Gasteiger partial charge is 0.226 e. The van der Waals surface area contributed by atoms with Crippen LogP contribution in [0.5, 0.6) is 5.75 Å². The van der Waals surface area contributed by atoms with E-state index in [9.17, 15) is 0 Å². The molecule has 0 unspecified atom stereocenters. The number of pyridine rings is 1. The summed E-state index contributed by atoms with van der Waals surface area (Å²) in [7, 11) is 1.65. The number of ether oxygens (including phenoxy) is 1. The fraction of sp³-hybridized carbons (Fsp3) is 0.143. The predicted octanol–water partition coefficient (Wildman–Crippen LogP) is 5.33. The van der Waals surface area contributed by atoms with Gasteiger partial charge >= 0.3 is 0 Å². The van der Waals surface area contributed by atoms with Crippen LogP contribution in [0.4, 0.5) is 0 Å². The van der Waals surface area contributed by atoms with Crippen molar-refractivity contribution < 1.29 is 9.15 Å². The molecule has 5 heteroatoms. The molecule has 0 radical (unpaired) electrons. The lowest BCUT2D eigenvalue weighted by molar-refractivity contribution is 0.415. The highest BCUT2D eigenvalue weighted by atomic mass is 32.2. The Kier molecular flexibility index (Phi) is 4.88. The Morgan fingerprint density at radius 3 is 2.69 bits per heavy atom. The van der Waals surface area contributed by atoms with Crippen molar-refractivity contribution in [1.82, 2.24) is 9.97 Å². The van der Waals surface area contributed by atoms with Gasteiger partial charge in [-0.2, -0.15) is 11.8 Å². The number of hydrogen-bond acceptors (Lipinski definition) is 5. The van der Waals surface area contributed by atoms with Gasteiger partial charge in [-0.1, -0.05) is 24.3 Å². The summed E-state index contributed by atoms with van der Waals surface area (Å²) in [6.07, 6.45) is 3.57. The van der Waals surface area contributed by atoms with Crippen LogP contribution in [0.3, 0.4) is 0 Å². The molecule has 0 atom stereocenters. The second-order valence-electron chi connectivity index (χ2n) is 5.86. The van der Waals surface area contributed by atoms with Crippen LogP contribution in [-0.2, 0) is 11.5 Å². The summed E-state index contributed by atoms with van der Waals surface area (Å²) in [5, 5.41) is 1.17. The van der Waals surface area contributed by atoms with Crippen LogP contribution in [0.15, 0.2) is 71.5 Å². The summed E-state index contributed by atoms with van der Waals surface area (Å²) >= 11 is 1.81. The number of thioether (sulfide) groups is 1. The summed E-state index contributed by atoms with van der Waals surface area (Å²) in [6, 6.07) is 18.1. The number of oxazole rings is 1. The first-order chi connectivity index (χ1) is 12.8. The number of aromatic nitrogens is 2. The van der Waals surface area contributed by atoms with Gasteiger partial charge in [-0.05, 0) is 35.9 Å². The van der Waals surface area contributed by atoms with Gasteiger partial charge < -0.3 is 9.15 Å². The Morgan fingerprint density at radius 2 is 1.85 bits per heavy atom. The van der Waals surface area contributed by atoms with E-state index in [4.69, 9.17) is 9.15 Å². The van der Waals surface area contributed by atoms with E-state index in [1.54, 1.807) is 25.1 Å². The third-order valence-electron chi connectivity index (χ3n) is 4.11. The third-order valence-corrected chi connectivity index (χ3v) is 5.13. The number of methoxy groups -OCH3 is 1. The van der Waals surface area contributed by atoms with Crippen molar-refractivity contribution in [2.75, 3.05) is 7.11 Å². The Hall–Kier alpha value is -2.79. The first-order valence-electron chi connectivity index (χ1n) is 8.33. The second kappa shape index (κ2) is 7.62. The summed E-state index contributed by atoms with van der Waals surface area (Å²) in [5.41, 5.74) is 4.20. The Morgan fingerprint density at radius 1 is 1.00 bits per heavy atom. The maximum Gasteiger partial charge on any atom is 0.226 e. The number of nitrogens with zero attached hydrogens (tertiary/aromatic N) is 2. The molecule has 2 heterocycles. The summed E-state index contributed by atoms with van der Waals surface area (Å²) < 4.78 is 10.8. The predicted molar refractivity (Wildman–Crippen MR) is 105 cm³/mol. The van der Waals surface area contributed by atoms with E-state index in [1.807, 2.05) is 36.5 Å². The van der Waals surface area contributed by atoms with Crippen LogP contribution in [0.2, 0.25) is 0 Å². The standard InChI is InChI=1S/C21H18N2O2S/c1-24-19-9-7-16(8-10-19)21-23-18(12-25-21)14-26-13-17-5-2-4-15-6-3-11-22-20(15)17/h2-12H,13-14H2,1H3. The Labute approximate surface area is 156 Å². The fourth-order valence-corrected chi connectivity index (χ4v) is 3.69. The maximum atomic E-state index is 5.62. The molecular formula is C21H18N2O2S. The molecule has 0 fully saturated rings. The molecule has 4 aromatic rings. The zero-order chi connectivity index (χ0) is 17.8. The lowest BCUT2D eigenvalue weighted by atomic mass is 10.1. The van der Waals surface area contributed by atoms with Crippen LogP contribution in [-0.4, -0.2) is 17.1 Å². The number of fused-ring (bicyclic) bond motifs is 1. The van der Waals surface area contributed by atoms with Gasteiger partial charge in [0.05, 0.1) is 18.3 Å². The molecule has 0 saturated heterocycles. The largest absolute Gasteiger partial charge is 0.497 e. The highest BCUT2D eigenvalue weighted by Crippen LogP contribution is 2.25. The van der Waals surface area contributed by atoms with Crippen LogP contribution < -0.4 is 4.74 Å². The molecule has 26 heavy (non-hydrogen) atoms. The molecular weight excluding hydrogens is 344 g/mol. The van der Waals surface area contributed by atoms with Gasteiger partial charge in [-0.3, -0.25) is 4.98 Å². The highest BCUT2D eigenvalue weighted by molar-refractivity contribution is 7.97. The summed E-state index contributed by atoms with van der Waals surface area (Å²) in [6.45, 7) is 0. The number of benzene rings is 2. The van der Waals surface area contributed by atoms with Gasteiger partial charge in [-0.25, -0.2) is 4.98 Å². The van der Waals surface area contributed by atoms with E-state index in [0.29, 0.717) is 5.89 Å². The topological polar surface area (TPSA) is 48.2 Å². The Bertz CT molecular complexity index is 1010. The van der Waals surface area contributed by atoms with Crippen molar-refractivity contribution in [1.29, 1.82) is 0 Å². The van der Waals surface area contributed by atoms with Gasteiger partial charge in [0.1, 0.15) is 12.0 Å². The lowest BCUT2D eigenvalue weighted by Gasteiger charge is -2.04. The summed E-state index contributed by atoms with van der Waals surface area (Å²) in [5.74, 6) is 3.14. The normalized spacial score (nSPS) is 11.0. The van der Waals surface area contributed by atoms with Crippen LogP contribution in [0.25, 0.3) is 22.4 Å². The minimum absolute atomic E-state index is 0.634. The van der Waals surface area contributed by atoms with Crippen LogP contribution >= 0.6 is 11.8 Å². The molecule has 0 amide bonds. The van der Waals surface area contributed by atoms with Gasteiger partial charge in [0.2, 0.25) is 5.89 Å². The van der Waals surface area contributed by atoms with E-state index in [1.165, 1.54) is 10.9 Å². The van der Waals surface area contributed by atoms with E-state index in [-0.39, 0.29) is 0 Å². The number of rotatable bonds is 6. The zero-order valence-corrected chi connectivity index (χ0v) is 15.2. The monoisotopic (exact) mass is 362 g/mol. The average Bonchev–Trinajstić information content (AvgIpc) is 3.17. The molecule has 4 nitrogen and oxygen atoms in total. The van der Waals surface area contributed by atoms with Gasteiger partial charge in [0, 0.05) is 28.7 Å². The first-order valence-corrected chi connectivity index (χ1v) is 9.48. The second-order valence-corrected chi connectivity index (χ2v) is 6.84. The minimum Gasteiger partial charge on any atom is -0.497 e. The molecule has 0 bridgehead atoms. The SMILES string of the molecule is COc1ccc(-c2nc(CSCc3cccc4cccnc34)co2)cc1. The zero-order valence-electron chi connectivity index (χ0n) is 14.4. The lowest BCUT2D eigenvalue weighted by Crippen LogP contribution is -1.88. The average molecular weight is 362 g/mol.